The zero-order valence-corrected chi connectivity index (χ0v) is 16.8. The zero-order chi connectivity index (χ0) is 19.7. The Morgan fingerprint density at radius 1 is 1.00 bits per heavy atom. The number of aromatic nitrogens is 4. The summed E-state index contributed by atoms with van der Waals surface area (Å²) in [4.78, 5) is 36.0. The van der Waals surface area contributed by atoms with Gasteiger partial charge in [-0.25, -0.2) is 9.97 Å². The molecule has 0 spiro atoms. The standard InChI is InChI=1S/C21H29N5O2/c1-15(2)18-11-19(27)26(14-23-18)13-17-5-8-24(9-6-17)20-21(28)25(10-7-22-20)12-16-3-4-16/h7,10-11,14-17H,3-6,8-9,12-13H2,1-2H3. The second kappa shape index (κ2) is 7.89. The number of anilines is 1. The molecular formula is C21H29N5O2. The van der Waals surface area contributed by atoms with Crippen molar-refractivity contribution in [2.45, 2.75) is 58.5 Å². The van der Waals surface area contributed by atoms with E-state index in [4.69, 9.17) is 0 Å². The minimum Gasteiger partial charge on any atom is -0.352 e. The summed E-state index contributed by atoms with van der Waals surface area (Å²) in [5.74, 6) is 1.90. The van der Waals surface area contributed by atoms with Gasteiger partial charge in [-0.2, -0.15) is 0 Å². The van der Waals surface area contributed by atoms with Gasteiger partial charge in [0, 0.05) is 44.6 Å². The molecule has 0 unspecified atom stereocenters. The van der Waals surface area contributed by atoms with Crippen molar-refractivity contribution in [3.63, 3.8) is 0 Å². The highest BCUT2D eigenvalue weighted by Crippen LogP contribution is 2.30. The minimum absolute atomic E-state index is 0.0221. The third-order valence-electron chi connectivity index (χ3n) is 5.91. The Hall–Kier alpha value is -2.44. The molecule has 1 saturated heterocycles. The number of nitrogens with zero attached hydrogens (tertiary/aromatic N) is 5. The van der Waals surface area contributed by atoms with Crippen LogP contribution in [0.3, 0.4) is 0 Å². The van der Waals surface area contributed by atoms with Gasteiger partial charge in [-0.15, -0.1) is 0 Å². The Kier molecular flexibility index (Phi) is 5.33. The van der Waals surface area contributed by atoms with Crippen LogP contribution >= 0.6 is 0 Å². The van der Waals surface area contributed by atoms with Crippen molar-refractivity contribution in [2.24, 2.45) is 11.8 Å². The Bertz CT molecular complexity index is 936. The summed E-state index contributed by atoms with van der Waals surface area (Å²) < 4.78 is 3.53. The summed E-state index contributed by atoms with van der Waals surface area (Å²) >= 11 is 0. The van der Waals surface area contributed by atoms with Gasteiger partial charge in [0.1, 0.15) is 0 Å². The van der Waals surface area contributed by atoms with Crippen LogP contribution in [0.25, 0.3) is 0 Å². The Labute approximate surface area is 165 Å². The molecule has 0 radical (unpaired) electrons. The van der Waals surface area contributed by atoms with E-state index in [1.807, 2.05) is 18.4 Å². The van der Waals surface area contributed by atoms with Crippen molar-refractivity contribution in [2.75, 3.05) is 18.0 Å². The fraction of sp³-hybridized carbons (Fsp3) is 0.619. The van der Waals surface area contributed by atoms with Crippen LogP contribution < -0.4 is 16.0 Å². The van der Waals surface area contributed by atoms with Gasteiger partial charge in [0.05, 0.1) is 12.0 Å². The second-order valence-electron chi connectivity index (χ2n) is 8.54. The molecular weight excluding hydrogens is 354 g/mol. The van der Waals surface area contributed by atoms with E-state index in [-0.39, 0.29) is 17.0 Å². The number of piperidine rings is 1. The normalized spacial score (nSPS) is 18.0. The van der Waals surface area contributed by atoms with Crippen molar-refractivity contribution >= 4 is 5.82 Å². The molecule has 0 atom stereocenters. The van der Waals surface area contributed by atoms with Gasteiger partial charge in [0.2, 0.25) is 0 Å². The second-order valence-corrected chi connectivity index (χ2v) is 8.54. The molecule has 7 nitrogen and oxygen atoms in total. The van der Waals surface area contributed by atoms with Gasteiger partial charge >= 0.3 is 0 Å². The van der Waals surface area contributed by atoms with Gasteiger partial charge in [-0.05, 0) is 43.4 Å². The highest BCUT2D eigenvalue weighted by Gasteiger charge is 2.25. The minimum atomic E-state index is 0.0221. The number of hydrogen-bond acceptors (Lipinski definition) is 5. The average Bonchev–Trinajstić information content (AvgIpc) is 3.50. The first-order valence-corrected chi connectivity index (χ1v) is 10.4. The Balaban J connectivity index is 1.39. The molecule has 4 rings (SSSR count). The molecule has 28 heavy (non-hydrogen) atoms. The van der Waals surface area contributed by atoms with Crippen molar-refractivity contribution in [1.29, 1.82) is 0 Å². The first kappa shape index (κ1) is 18.9. The van der Waals surface area contributed by atoms with E-state index in [1.165, 1.54) is 12.8 Å². The molecule has 1 saturated carbocycles. The van der Waals surface area contributed by atoms with Gasteiger partial charge in [0.15, 0.2) is 5.82 Å². The maximum absolute atomic E-state index is 12.7. The fourth-order valence-electron chi connectivity index (χ4n) is 3.87. The molecule has 7 heteroatoms. The van der Waals surface area contributed by atoms with E-state index in [1.54, 1.807) is 29.4 Å². The first-order valence-electron chi connectivity index (χ1n) is 10.4. The lowest BCUT2D eigenvalue weighted by Gasteiger charge is -2.32. The van der Waals surface area contributed by atoms with Crippen LogP contribution in [0.15, 0.2) is 34.4 Å². The van der Waals surface area contributed by atoms with Crippen LogP contribution in [-0.4, -0.2) is 32.2 Å². The Morgan fingerprint density at radius 3 is 2.32 bits per heavy atom. The highest BCUT2D eigenvalue weighted by molar-refractivity contribution is 5.36. The largest absolute Gasteiger partial charge is 0.352 e. The summed E-state index contributed by atoms with van der Waals surface area (Å²) in [5, 5.41) is 0. The number of rotatable bonds is 6. The molecule has 0 amide bonds. The predicted octanol–water partition coefficient (Wildman–Crippen LogP) is 2.25. The lowest BCUT2D eigenvalue weighted by molar-refractivity contribution is 0.349. The summed E-state index contributed by atoms with van der Waals surface area (Å²) in [6.45, 7) is 7.18. The van der Waals surface area contributed by atoms with Crippen LogP contribution in [0.4, 0.5) is 5.82 Å². The van der Waals surface area contributed by atoms with E-state index in [9.17, 15) is 9.59 Å². The topological polar surface area (TPSA) is 73.0 Å². The monoisotopic (exact) mass is 383 g/mol. The van der Waals surface area contributed by atoms with E-state index in [2.05, 4.69) is 14.9 Å². The molecule has 2 aromatic heterocycles. The molecule has 3 heterocycles. The van der Waals surface area contributed by atoms with Gasteiger partial charge in [-0.3, -0.25) is 14.2 Å². The third-order valence-corrected chi connectivity index (χ3v) is 5.91. The van der Waals surface area contributed by atoms with E-state index in [0.717, 1.165) is 38.2 Å². The van der Waals surface area contributed by atoms with Crippen molar-refractivity contribution in [1.82, 2.24) is 19.1 Å². The molecule has 1 aliphatic heterocycles. The lowest BCUT2D eigenvalue weighted by atomic mass is 9.96. The van der Waals surface area contributed by atoms with Crippen LogP contribution in [0.5, 0.6) is 0 Å². The van der Waals surface area contributed by atoms with Crippen LogP contribution in [0, 0.1) is 11.8 Å². The summed E-state index contributed by atoms with van der Waals surface area (Å²) in [7, 11) is 0. The first-order chi connectivity index (χ1) is 13.5. The quantitative estimate of drug-likeness (QED) is 0.765. The maximum Gasteiger partial charge on any atom is 0.293 e. The average molecular weight is 383 g/mol. The molecule has 0 aromatic carbocycles. The van der Waals surface area contributed by atoms with Crippen molar-refractivity contribution in [3.8, 4) is 0 Å². The highest BCUT2D eigenvalue weighted by atomic mass is 16.1. The molecule has 150 valence electrons. The molecule has 2 aromatic rings. The fourth-order valence-corrected chi connectivity index (χ4v) is 3.87. The lowest BCUT2D eigenvalue weighted by Crippen LogP contribution is -2.40. The van der Waals surface area contributed by atoms with E-state index >= 15 is 0 Å². The molecule has 2 fully saturated rings. The molecule has 1 aliphatic carbocycles. The predicted molar refractivity (Wildman–Crippen MR) is 109 cm³/mol. The van der Waals surface area contributed by atoms with Gasteiger partial charge in [0.25, 0.3) is 11.1 Å². The Morgan fingerprint density at radius 2 is 1.68 bits per heavy atom. The summed E-state index contributed by atoms with van der Waals surface area (Å²) in [6, 6.07) is 1.65. The molecule has 2 aliphatic rings. The summed E-state index contributed by atoms with van der Waals surface area (Å²) in [5.41, 5.74) is 0.889. The van der Waals surface area contributed by atoms with E-state index in [0.29, 0.717) is 24.2 Å². The molecule has 0 bridgehead atoms. The maximum atomic E-state index is 12.7. The van der Waals surface area contributed by atoms with Crippen molar-refractivity contribution < 1.29 is 0 Å². The zero-order valence-electron chi connectivity index (χ0n) is 16.8. The third kappa shape index (κ3) is 4.18. The van der Waals surface area contributed by atoms with Gasteiger partial charge < -0.3 is 9.47 Å². The van der Waals surface area contributed by atoms with Crippen LogP contribution in [0.1, 0.15) is 51.1 Å². The summed E-state index contributed by atoms with van der Waals surface area (Å²) in [6.07, 6.45) is 9.56. The van der Waals surface area contributed by atoms with Crippen LogP contribution in [-0.2, 0) is 13.1 Å². The van der Waals surface area contributed by atoms with Gasteiger partial charge in [-0.1, -0.05) is 13.8 Å². The molecule has 0 N–H and O–H groups in total. The van der Waals surface area contributed by atoms with Crippen molar-refractivity contribution in [3.05, 3.63) is 51.2 Å². The SMILES string of the molecule is CC(C)c1cc(=O)n(CC2CCN(c3nccn(CC4CC4)c3=O)CC2)cn1. The smallest absolute Gasteiger partial charge is 0.293 e. The number of hydrogen-bond donors (Lipinski definition) is 0. The van der Waals surface area contributed by atoms with Crippen LogP contribution in [0.2, 0.25) is 0 Å². The van der Waals surface area contributed by atoms with E-state index < -0.39 is 0 Å².